The number of likely N-dealkylation sites (tertiary alicyclic amines) is 1. The van der Waals surface area contributed by atoms with Crippen LogP contribution in [0.4, 0.5) is 0 Å². The van der Waals surface area contributed by atoms with Gasteiger partial charge in [0.25, 0.3) is 0 Å². The SMILES string of the molecule is O=C1N[C@@H](CC2CCCCC2)C(=O)N(Cc2ccccc2)C1C1CCN(Cc2ccc(Oc3ccccc3)cc2)CC1. The fourth-order valence-electron chi connectivity index (χ4n) is 7.11. The minimum Gasteiger partial charge on any atom is -0.457 e. The highest BCUT2D eigenvalue weighted by molar-refractivity contribution is 5.97. The van der Waals surface area contributed by atoms with Crippen molar-refractivity contribution in [3.05, 3.63) is 96.1 Å². The van der Waals surface area contributed by atoms with E-state index in [1.54, 1.807) is 0 Å². The summed E-state index contributed by atoms with van der Waals surface area (Å²) in [5.74, 6) is 2.50. The zero-order valence-electron chi connectivity index (χ0n) is 24.5. The molecule has 2 heterocycles. The fraction of sp³-hybridized carbons (Fsp3) is 0.444. The van der Waals surface area contributed by atoms with Crippen molar-refractivity contribution in [3.8, 4) is 11.5 Å². The molecular weight excluding hydrogens is 522 g/mol. The summed E-state index contributed by atoms with van der Waals surface area (Å²) in [5, 5.41) is 3.19. The summed E-state index contributed by atoms with van der Waals surface area (Å²) in [5.41, 5.74) is 2.33. The summed E-state index contributed by atoms with van der Waals surface area (Å²) in [7, 11) is 0. The lowest BCUT2D eigenvalue weighted by Gasteiger charge is -2.45. The molecule has 3 aromatic rings. The molecule has 2 atom stereocenters. The molecule has 0 aromatic heterocycles. The first kappa shape index (κ1) is 28.5. The average molecular weight is 566 g/mol. The molecule has 3 aliphatic rings. The molecule has 2 amide bonds. The molecule has 3 fully saturated rings. The van der Waals surface area contributed by atoms with Crippen LogP contribution >= 0.6 is 0 Å². The minimum atomic E-state index is -0.406. The lowest BCUT2D eigenvalue weighted by Crippen LogP contribution is -2.65. The number of amides is 2. The predicted molar refractivity (Wildman–Crippen MR) is 165 cm³/mol. The molecular formula is C36H43N3O3. The van der Waals surface area contributed by atoms with E-state index in [1.165, 1.54) is 37.7 Å². The number of ether oxygens (including phenoxy) is 1. The number of benzene rings is 3. The van der Waals surface area contributed by atoms with Crippen LogP contribution in [0.2, 0.25) is 0 Å². The number of nitrogens with zero attached hydrogens (tertiary/aromatic N) is 2. The van der Waals surface area contributed by atoms with Crippen LogP contribution in [0.5, 0.6) is 11.5 Å². The Kier molecular flexibility index (Phi) is 9.19. The molecule has 42 heavy (non-hydrogen) atoms. The number of para-hydroxylation sites is 1. The minimum absolute atomic E-state index is 0.0406. The number of rotatable bonds is 9. The number of carbonyl (C=O) groups is 2. The number of hydrogen-bond acceptors (Lipinski definition) is 4. The van der Waals surface area contributed by atoms with Crippen LogP contribution in [-0.2, 0) is 22.7 Å². The van der Waals surface area contributed by atoms with E-state index in [0.29, 0.717) is 12.5 Å². The van der Waals surface area contributed by atoms with Crippen LogP contribution in [0.15, 0.2) is 84.9 Å². The molecule has 0 bridgehead atoms. The second kappa shape index (κ2) is 13.6. The molecule has 1 saturated carbocycles. The van der Waals surface area contributed by atoms with Crippen LogP contribution < -0.4 is 10.1 Å². The van der Waals surface area contributed by atoms with E-state index in [9.17, 15) is 9.59 Å². The monoisotopic (exact) mass is 565 g/mol. The maximum atomic E-state index is 13.9. The van der Waals surface area contributed by atoms with Crippen LogP contribution in [-0.4, -0.2) is 46.8 Å². The van der Waals surface area contributed by atoms with Gasteiger partial charge in [0.2, 0.25) is 11.8 Å². The second-order valence-electron chi connectivity index (χ2n) is 12.4. The van der Waals surface area contributed by atoms with E-state index >= 15 is 0 Å². The van der Waals surface area contributed by atoms with Crippen LogP contribution in [0.25, 0.3) is 0 Å². The van der Waals surface area contributed by atoms with Gasteiger partial charge >= 0.3 is 0 Å². The third-order valence-electron chi connectivity index (χ3n) is 9.38. The van der Waals surface area contributed by atoms with Crippen molar-refractivity contribution < 1.29 is 14.3 Å². The van der Waals surface area contributed by atoms with Gasteiger partial charge in [0.1, 0.15) is 23.6 Å². The number of hydrogen-bond donors (Lipinski definition) is 1. The molecule has 0 spiro atoms. The van der Waals surface area contributed by atoms with Gasteiger partial charge in [-0.3, -0.25) is 14.5 Å². The molecule has 1 N–H and O–H groups in total. The standard InChI is InChI=1S/C36H43N3O3/c40-35-34(39(26-28-12-6-2-7-13-28)36(41)33(37-35)24-27-10-4-1-5-11-27)30-20-22-38(23-21-30)25-29-16-18-32(19-17-29)42-31-14-8-3-9-15-31/h2-3,6-9,12-19,27,30,33-34H,1,4-5,10-11,20-26H2,(H,37,40)/t33-,34?/m0/s1. The summed E-state index contributed by atoms with van der Waals surface area (Å²) in [6.07, 6.45) is 8.68. The molecule has 1 unspecified atom stereocenters. The van der Waals surface area contributed by atoms with Crippen molar-refractivity contribution in [2.45, 2.75) is 76.5 Å². The van der Waals surface area contributed by atoms with Gasteiger partial charge in [-0.25, -0.2) is 0 Å². The average Bonchev–Trinajstić information content (AvgIpc) is 3.03. The molecule has 2 aliphatic heterocycles. The van der Waals surface area contributed by atoms with Crippen molar-refractivity contribution in [3.63, 3.8) is 0 Å². The van der Waals surface area contributed by atoms with E-state index in [2.05, 4.69) is 34.5 Å². The van der Waals surface area contributed by atoms with E-state index in [0.717, 1.165) is 56.0 Å². The van der Waals surface area contributed by atoms with Crippen molar-refractivity contribution in [2.24, 2.45) is 11.8 Å². The van der Waals surface area contributed by atoms with Gasteiger partial charge in [0.15, 0.2) is 0 Å². The Morgan fingerprint density at radius 2 is 1.31 bits per heavy atom. The van der Waals surface area contributed by atoms with Crippen molar-refractivity contribution >= 4 is 11.8 Å². The normalized spacial score (nSPS) is 22.6. The molecule has 1 aliphatic carbocycles. The molecule has 2 saturated heterocycles. The zero-order valence-corrected chi connectivity index (χ0v) is 24.5. The highest BCUT2D eigenvalue weighted by Gasteiger charge is 2.45. The smallest absolute Gasteiger partial charge is 0.246 e. The second-order valence-corrected chi connectivity index (χ2v) is 12.4. The van der Waals surface area contributed by atoms with Gasteiger partial charge in [-0.15, -0.1) is 0 Å². The summed E-state index contributed by atoms with van der Waals surface area (Å²) in [4.78, 5) is 32.0. The number of piperidine rings is 1. The summed E-state index contributed by atoms with van der Waals surface area (Å²) in [6, 6.07) is 27.5. The Morgan fingerprint density at radius 1 is 0.690 bits per heavy atom. The van der Waals surface area contributed by atoms with Gasteiger partial charge < -0.3 is 15.0 Å². The molecule has 3 aromatic carbocycles. The van der Waals surface area contributed by atoms with Crippen molar-refractivity contribution in [2.75, 3.05) is 13.1 Å². The molecule has 6 rings (SSSR count). The number of piperazine rings is 1. The van der Waals surface area contributed by atoms with Crippen molar-refractivity contribution in [1.29, 1.82) is 0 Å². The Bertz CT molecular complexity index is 1300. The molecule has 6 heteroatoms. The third kappa shape index (κ3) is 7.04. The predicted octanol–water partition coefficient (Wildman–Crippen LogP) is 6.56. The first-order valence-corrected chi connectivity index (χ1v) is 15.8. The van der Waals surface area contributed by atoms with Crippen LogP contribution in [0.1, 0.15) is 62.5 Å². The lowest BCUT2D eigenvalue weighted by molar-refractivity contribution is -0.154. The van der Waals surface area contributed by atoms with Gasteiger partial charge in [0, 0.05) is 13.1 Å². The Balaban J connectivity index is 1.08. The Hall–Kier alpha value is -3.64. The topological polar surface area (TPSA) is 61.9 Å². The quantitative estimate of drug-likeness (QED) is 0.319. The third-order valence-corrected chi connectivity index (χ3v) is 9.38. The highest BCUT2D eigenvalue weighted by atomic mass is 16.5. The van der Waals surface area contributed by atoms with Gasteiger partial charge in [0.05, 0.1) is 0 Å². The molecule has 220 valence electrons. The first-order valence-electron chi connectivity index (χ1n) is 15.8. The maximum Gasteiger partial charge on any atom is 0.246 e. The summed E-state index contributed by atoms with van der Waals surface area (Å²) < 4.78 is 5.94. The lowest BCUT2D eigenvalue weighted by atomic mass is 9.82. The largest absolute Gasteiger partial charge is 0.457 e. The Labute approximate surface area is 250 Å². The number of nitrogens with one attached hydrogen (secondary N) is 1. The molecule has 0 radical (unpaired) electrons. The van der Waals surface area contributed by atoms with E-state index < -0.39 is 12.1 Å². The highest BCUT2D eigenvalue weighted by Crippen LogP contribution is 2.33. The van der Waals surface area contributed by atoms with Gasteiger partial charge in [-0.1, -0.05) is 92.8 Å². The maximum absolute atomic E-state index is 13.9. The number of carbonyl (C=O) groups excluding carboxylic acids is 2. The van der Waals surface area contributed by atoms with Crippen molar-refractivity contribution in [1.82, 2.24) is 15.1 Å². The summed E-state index contributed by atoms with van der Waals surface area (Å²) in [6.45, 7) is 3.19. The Morgan fingerprint density at radius 3 is 2.00 bits per heavy atom. The first-order chi connectivity index (χ1) is 20.6. The fourth-order valence-corrected chi connectivity index (χ4v) is 7.11. The van der Waals surface area contributed by atoms with Gasteiger partial charge in [-0.2, -0.15) is 0 Å². The summed E-state index contributed by atoms with van der Waals surface area (Å²) >= 11 is 0. The van der Waals surface area contributed by atoms with Gasteiger partial charge in [-0.05, 0) is 79.6 Å². The van der Waals surface area contributed by atoms with Crippen LogP contribution in [0, 0.1) is 11.8 Å². The van der Waals surface area contributed by atoms with Crippen LogP contribution in [0.3, 0.4) is 0 Å². The zero-order chi connectivity index (χ0) is 28.7. The molecule has 6 nitrogen and oxygen atoms in total. The van der Waals surface area contributed by atoms with E-state index in [-0.39, 0.29) is 17.7 Å². The van der Waals surface area contributed by atoms with E-state index in [1.807, 2.05) is 65.6 Å². The van der Waals surface area contributed by atoms with E-state index in [4.69, 9.17) is 4.74 Å².